The van der Waals surface area contributed by atoms with Gasteiger partial charge in [-0.1, -0.05) is 57.1 Å². The number of rotatable bonds is 2. The average Bonchev–Trinajstić information content (AvgIpc) is 3.24. The molecule has 1 fully saturated rings. The summed E-state index contributed by atoms with van der Waals surface area (Å²) in [5.74, 6) is 0.340. The number of benzene rings is 1. The number of aryl methyl sites for hydroxylation is 1. The maximum atomic E-state index is 8.73. The van der Waals surface area contributed by atoms with E-state index in [9.17, 15) is 0 Å². The van der Waals surface area contributed by atoms with E-state index < -0.39 is 0 Å². The van der Waals surface area contributed by atoms with E-state index in [2.05, 4.69) is 24.2 Å². The summed E-state index contributed by atoms with van der Waals surface area (Å²) in [7, 11) is 0. The molecule has 102 valence electrons. The van der Waals surface area contributed by atoms with Crippen LogP contribution in [-0.2, 0) is 5.41 Å². The summed E-state index contributed by atoms with van der Waals surface area (Å²) in [5, 5.41) is 11.9. The second-order valence-electron chi connectivity index (χ2n) is 3.88. The van der Waals surface area contributed by atoms with Crippen molar-refractivity contribution in [3.63, 3.8) is 0 Å². The summed E-state index contributed by atoms with van der Waals surface area (Å²) in [4.78, 5) is 0. The van der Waals surface area contributed by atoms with Gasteiger partial charge in [-0.25, -0.2) is 0 Å². The van der Waals surface area contributed by atoms with Crippen molar-refractivity contribution in [3.8, 4) is 0 Å². The molecule has 1 aromatic carbocycles. The Morgan fingerprint density at radius 2 is 1.67 bits per heavy atom. The van der Waals surface area contributed by atoms with Gasteiger partial charge in [-0.15, -0.1) is 0 Å². The molecule has 0 unspecified atom stereocenters. The SMILES string of the molecule is CC.CC.Cc1ccccc1C1(/C(N)=N/O)CC1. The third-order valence-electron chi connectivity index (χ3n) is 3.01. The van der Waals surface area contributed by atoms with Crippen molar-refractivity contribution in [2.75, 3.05) is 0 Å². The smallest absolute Gasteiger partial charge is 0.149 e. The second kappa shape index (κ2) is 7.75. The molecule has 18 heavy (non-hydrogen) atoms. The minimum absolute atomic E-state index is 0.180. The van der Waals surface area contributed by atoms with Crippen LogP contribution in [0.15, 0.2) is 29.4 Å². The van der Waals surface area contributed by atoms with Crippen LogP contribution in [0.5, 0.6) is 0 Å². The van der Waals surface area contributed by atoms with Crippen molar-refractivity contribution in [1.82, 2.24) is 0 Å². The summed E-state index contributed by atoms with van der Waals surface area (Å²) < 4.78 is 0. The maximum Gasteiger partial charge on any atom is 0.149 e. The number of oxime groups is 1. The zero-order valence-electron chi connectivity index (χ0n) is 12.2. The molecule has 0 heterocycles. The van der Waals surface area contributed by atoms with Gasteiger partial charge in [0.1, 0.15) is 5.84 Å². The molecule has 1 aromatic rings. The predicted octanol–water partition coefficient (Wildman–Crippen LogP) is 3.83. The highest BCUT2D eigenvalue weighted by atomic mass is 16.4. The van der Waals surface area contributed by atoms with E-state index in [1.807, 2.05) is 39.8 Å². The number of amidine groups is 1. The lowest BCUT2D eigenvalue weighted by atomic mass is 9.91. The summed E-state index contributed by atoms with van der Waals surface area (Å²) in [6.07, 6.45) is 1.96. The molecule has 3 heteroatoms. The van der Waals surface area contributed by atoms with Crippen molar-refractivity contribution < 1.29 is 5.21 Å². The summed E-state index contributed by atoms with van der Waals surface area (Å²) in [5.41, 5.74) is 7.93. The zero-order valence-corrected chi connectivity index (χ0v) is 12.2. The van der Waals surface area contributed by atoms with E-state index in [1.54, 1.807) is 0 Å². The highest BCUT2D eigenvalue weighted by molar-refractivity contribution is 5.94. The Bertz CT molecular complexity index is 382. The molecule has 0 bridgehead atoms. The molecule has 0 saturated heterocycles. The van der Waals surface area contributed by atoms with E-state index in [1.165, 1.54) is 11.1 Å². The molecule has 2 rings (SSSR count). The fourth-order valence-corrected chi connectivity index (χ4v) is 1.99. The van der Waals surface area contributed by atoms with Gasteiger partial charge in [-0.3, -0.25) is 0 Å². The van der Waals surface area contributed by atoms with Crippen LogP contribution in [0.3, 0.4) is 0 Å². The first-order valence-corrected chi connectivity index (χ1v) is 6.75. The second-order valence-corrected chi connectivity index (χ2v) is 3.88. The quantitative estimate of drug-likeness (QED) is 0.363. The van der Waals surface area contributed by atoms with E-state index in [0.717, 1.165) is 12.8 Å². The lowest BCUT2D eigenvalue weighted by Gasteiger charge is -2.16. The molecule has 0 aromatic heterocycles. The van der Waals surface area contributed by atoms with Crippen molar-refractivity contribution in [2.45, 2.75) is 52.9 Å². The monoisotopic (exact) mass is 250 g/mol. The van der Waals surface area contributed by atoms with Crippen LogP contribution < -0.4 is 5.73 Å². The van der Waals surface area contributed by atoms with Crippen molar-refractivity contribution in [3.05, 3.63) is 35.4 Å². The van der Waals surface area contributed by atoms with E-state index in [0.29, 0.717) is 5.84 Å². The van der Waals surface area contributed by atoms with Crippen LogP contribution in [0.1, 0.15) is 51.7 Å². The molecule has 0 atom stereocenters. The van der Waals surface area contributed by atoms with Gasteiger partial charge in [0.25, 0.3) is 0 Å². The van der Waals surface area contributed by atoms with Crippen molar-refractivity contribution in [2.24, 2.45) is 10.9 Å². The first-order valence-electron chi connectivity index (χ1n) is 6.75. The standard InChI is InChI=1S/C11H14N2O.2C2H6/c1-8-4-2-3-5-9(8)11(6-7-11)10(12)13-14;2*1-2/h2-5,14H,6-7H2,1H3,(H2,12,13);2*1-2H3. The molecule has 1 saturated carbocycles. The van der Waals surface area contributed by atoms with E-state index >= 15 is 0 Å². The zero-order chi connectivity index (χ0) is 14.2. The Morgan fingerprint density at radius 1 is 1.17 bits per heavy atom. The highest BCUT2D eigenvalue weighted by Crippen LogP contribution is 2.49. The van der Waals surface area contributed by atoms with Crippen LogP contribution in [0.2, 0.25) is 0 Å². The van der Waals surface area contributed by atoms with Gasteiger partial charge < -0.3 is 10.9 Å². The normalized spacial score (nSPS) is 15.7. The van der Waals surface area contributed by atoms with Crippen LogP contribution in [0.4, 0.5) is 0 Å². The molecule has 1 aliphatic carbocycles. The Labute approximate surface area is 111 Å². The van der Waals surface area contributed by atoms with Crippen molar-refractivity contribution >= 4 is 5.84 Å². The van der Waals surface area contributed by atoms with Crippen molar-refractivity contribution in [1.29, 1.82) is 0 Å². The van der Waals surface area contributed by atoms with Gasteiger partial charge in [0, 0.05) is 0 Å². The minimum Gasteiger partial charge on any atom is -0.409 e. The summed E-state index contributed by atoms with van der Waals surface area (Å²) in [6.45, 7) is 10.1. The predicted molar refractivity (Wildman–Crippen MR) is 78.2 cm³/mol. The van der Waals surface area contributed by atoms with Gasteiger partial charge in [-0.05, 0) is 30.9 Å². The molecule has 1 aliphatic rings. The van der Waals surface area contributed by atoms with E-state index in [-0.39, 0.29) is 5.41 Å². The number of hydrogen-bond donors (Lipinski definition) is 2. The Hall–Kier alpha value is -1.51. The average molecular weight is 250 g/mol. The first kappa shape index (κ1) is 16.5. The molecule has 0 radical (unpaired) electrons. The van der Waals surface area contributed by atoms with Gasteiger partial charge in [0.05, 0.1) is 5.41 Å². The van der Waals surface area contributed by atoms with E-state index in [4.69, 9.17) is 10.9 Å². The van der Waals surface area contributed by atoms with Gasteiger partial charge in [0.15, 0.2) is 0 Å². The lowest BCUT2D eigenvalue weighted by molar-refractivity contribution is 0.315. The topological polar surface area (TPSA) is 58.6 Å². The van der Waals surface area contributed by atoms with Crippen LogP contribution in [0, 0.1) is 6.92 Å². The van der Waals surface area contributed by atoms with Crippen LogP contribution >= 0.6 is 0 Å². The summed E-state index contributed by atoms with van der Waals surface area (Å²) in [6, 6.07) is 8.11. The fraction of sp³-hybridized carbons (Fsp3) is 0.533. The maximum absolute atomic E-state index is 8.73. The fourth-order valence-electron chi connectivity index (χ4n) is 1.99. The van der Waals surface area contributed by atoms with Gasteiger partial charge >= 0.3 is 0 Å². The minimum atomic E-state index is -0.180. The van der Waals surface area contributed by atoms with Gasteiger partial charge in [-0.2, -0.15) is 0 Å². The Kier molecular flexibility index (Phi) is 7.10. The number of hydrogen-bond acceptors (Lipinski definition) is 2. The summed E-state index contributed by atoms with van der Waals surface area (Å²) >= 11 is 0. The highest BCUT2D eigenvalue weighted by Gasteiger charge is 2.49. The molecular formula is C15H26N2O. The molecule has 0 amide bonds. The third-order valence-corrected chi connectivity index (χ3v) is 3.01. The molecule has 3 nitrogen and oxygen atoms in total. The van der Waals surface area contributed by atoms with Crippen LogP contribution in [0.25, 0.3) is 0 Å². The third kappa shape index (κ3) is 3.25. The Morgan fingerprint density at radius 3 is 2.06 bits per heavy atom. The molecule has 0 spiro atoms. The first-order chi connectivity index (χ1) is 8.70. The molecular weight excluding hydrogens is 224 g/mol. The number of nitrogens with two attached hydrogens (primary N) is 1. The van der Waals surface area contributed by atoms with Gasteiger partial charge in [0.2, 0.25) is 0 Å². The molecule has 0 aliphatic heterocycles. The molecule has 3 N–H and O–H groups in total. The largest absolute Gasteiger partial charge is 0.409 e. The van der Waals surface area contributed by atoms with Crippen LogP contribution in [-0.4, -0.2) is 11.0 Å². The Balaban J connectivity index is 0.000000659. The lowest BCUT2D eigenvalue weighted by Crippen LogP contribution is -2.29. The number of nitrogens with zero attached hydrogens (tertiary/aromatic N) is 1.